The van der Waals surface area contributed by atoms with Gasteiger partial charge in [0.25, 0.3) is 0 Å². The van der Waals surface area contributed by atoms with Crippen LogP contribution in [0.2, 0.25) is 0 Å². The molecule has 0 bridgehead atoms. The quantitative estimate of drug-likeness (QED) is 0.761. The minimum atomic E-state index is -0.295. The number of para-hydroxylation sites is 1. The molecule has 6 nitrogen and oxygen atoms in total. The van der Waals surface area contributed by atoms with Crippen molar-refractivity contribution in [2.45, 2.75) is 26.3 Å². The third kappa shape index (κ3) is 4.08. The molecular formula is C16H22N4O2. The number of urea groups is 1. The van der Waals surface area contributed by atoms with Crippen molar-refractivity contribution >= 4 is 6.03 Å². The van der Waals surface area contributed by atoms with Crippen molar-refractivity contribution in [2.24, 2.45) is 0 Å². The van der Waals surface area contributed by atoms with Crippen LogP contribution < -0.4 is 10.6 Å². The maximum atomic E-state index is 11.6. The van der Waals surface area contributed by atoms with Gasteiger partial charge in [0.2, 0.25) is 0 Å². The highest BCUT2D eigenvalue weighted by molar-refractivity contribution is 5.73. The first-order valence-electron chi connectivity index (χ1n) is 7.38. The zero-order valence-electron chi connectivity index (χ0n) is 12.9. The molecule has 0 atom stereocenters. The predicted octanol–water partition coefficient (Wildman–Crippen LogP) is 1.79. The van der Waals surface area contributed by atoms with Crippen LogP contribution in [0.1, 0.15) is 31.0 Å². The van der Waals surface area contributed by atoms with Gasteiger partial charge in [0.1, 0.15) is 0 Å². The van der Waals surface area contributed by atoms with Gasteiger partial charge in [-0.25, -0.2) is 9.48 Å². The lowest BCUT2D eigenvalue weighted by atomic mass is 10.1. The Morgan fingerprint density at radius 1 is 1.27 bits per heavy atom. The Labute approximate surface area is 130 Å². The number of amides is 2. The Balaban J connectivity index is 2.13. The molecular weight excluding hydrogens is 280 g/mol. The van der Waals surface area contributed by atoms with Crippen LogP contribution in [0.3, 0.4) is 0 Å². The molecule has 1 aromatic heterocycles. The normalized spacial score (nSPS) is 10.7. The number of nitrogens with one attached hydrogen (secondary N) is 2. The monoisotopic (exact) mass is 302 g/mol. The number of aliphatic hydroxyl groups is 1. The lowest BCUT2D eigenvalue weighted by molar-refractivity contribution is 0.234. The summed E-state index contributed by atoms with van der Waals surface area (Å²) in [5.41, 5.74) is 2.93. The molecule has 2 amide bonds. The number of benzene rings is 1. The van der Waals surface area contributed by atoms with Crippen molar-refractivity contribution in [1.29, 1.82) is 0 Å². The smallest absolute Gasteiger partial charge is 0.315 e. The first-order valence-corrected chi connectivity index (χ1v) is 7.38. The van der Waals surface area contributed by atoms with Crippen molar-refractivity contribution in [3.63, 3.8) is 0 Å². The van der Waals surface area contributed by atoms with Crippen LogP contribution in [-0.4, -0.2) is 34.1 Å². The van der Waals surface area contributed by atoms with Gasteiger partial charge in [-0.1, -0.05) is 32.0 Å². The van der Waals surface area contributed by atoms with Crippen molar-refractivity contribution in [1.82, 2.24) is 20.4 Å². The van der Waals surface area contributed by atoms with E-state index in [1.165, 1.54) is 0 Å². The summed E-state index contributed by atoms with van der Waals surface area (Å²) in [6.45, 7) is 4.72. The summed E-state index contributed by atoms with van der Waals surface area (Å²) in [7, 11) is 0. The average Bonchev–Trinajstić information content (AvgIpc) is 2.96. The largest absolute Gasteiger partial charge is 0.395 e. The molecule has 2 aromatic rings. The van der Waals surface area contributed by atoms with E-state index in [4.69, 9.17) is 5.11 Å². The third-order valence-corrected chi connectivity index (χ3v) is 3.23. The number of hydrogen-bond acceptors (Lipinski definition) is 3. The van der Waals surface area contributed by atoms with Gasteiger partial charge in [-0.3, -0.25) is 0 Å². The van der Waals surface area contributed by atoms with E-state index >= 15 is 0 Å². The minimum Gasteiger partial charge on any atom is -0.395 e. The van der Waals surface area contributed by atoms with Crippen LogP contribution >= 0.6 is 0 Å². The van der Waals surface area contributed by atoms with E-state index in [9.17, 15) is 4.79 Å². The lowest BCUT2D eigenvalue weighted by Gasteiger charge is -2.07. The zero-order valence-corrected chi connectivity index (χ0v) is 12.9. The van der Waals surface area contributed by atoms with E-state index in [-0.39, 0.29) is 25.1 Å². The highest BCUT2D eigenvalue weighted by Crippen LogP contribution is 2.19. The predicted molar refractivity (Wildman–Crippen MR) is 85.0 cm³/mol. The molecule has 6 heteroatoms. The van der Waals surface area contributed by atoms with Gasteiger partial charge in [-0.05, 0) is 18.1 Å². The molecule has 1 heterocycles. The maximum absolute atomic E-state index is 11.6. The van der Waals surface area contributed by atoms with Crippen molar-refractivity contribution in [3.05, 3.63) is 47.8 Å². The molecule has 1 aromatic carbocycles. The average molecular weight is 302 g/mol. The highest BCUT2D eigenvalue weighted by atomic mass is 16.3. The van der Waals surface area contributed by atoms with E-state index in [0.29, 0.717) is 6.54 Å². The van der Waals surface area contributed by atoms with Crippen molar-refractivity contribution in [2.75, 3.05) is 13.2 Å². The Bertz CT molecular complexity index is 608. The second-order valence-electron chi connectivity index (χ2n) is 5.31. The third-order valence-electron chi connectivity index (χ3n) is 3.23. The van der Waals surface area contributed by atoms with E-state index in [2.05, 4.69) is 29.6 Å². The molecule has 0 aliphatic rings. The molecule has 0 aliphatic heterocycles. The second-order valence-corrected chi connectivity index (χ2v) is 5.31. The molecule has 118 valence electrons. The van der Waals surface area contributed by atoms with E-state index in [0.717, 1.165) is 16.9 Å². The van der Waals surface area contributed by atoms with Crippen LogP contribution in [0.15, 0.2) is 36.5 Å². The number of carbonyl (C=O) groups excluding carboxylic acids is 1. The summed E-state index contributed by atoms with van der Waals surface area (Å²) in [6.07, 6.45) is 1.94. The first-order chi connectivity index (χ1) is 10.6. The molecule has 0 radical (unpaired) electrons. The summed E-state index contributed by atoms with van der Waals surface area (Å²) in [6, 6.07) is 9.57. The van der Waals surface area contributed by atoms with E-state index in [1.807, 2.05) is 41.2 Å². The standard InChI is InChI=1S/C16H22N4O2/c1-12(2)15-13(10-18-16(22)17-8-9-21)11-20(19-15)14-6-4-3-5-7-14/h3-7,11-12,21H,8-10H2,1-2H3,(H2,17,18,22). The molecule has 2 rings (SSSR count). The van der Waals surface area contributed by atoms with Gasteiger partial charge in [-0.15, -0.1) is 0 Å². The van der Waals surface area contributed by atoms with Gasteiger partial charge < -0.3 is 15.7 Å². The number of rotatable bonds is 6. The van der Waals surface area contributed by atoms with Crippen LogP contribution in [0.25, 0.3) is 5.69 Å². The summed E-state index contributed by atoms with van der Waals surface area (Å²) >= 11 is 0. The molecule has 0 saturated heterocycles. The Kier molecular flexibility index (Phi) is 5.55. The number of nitrogens with zero attached hydrogens (tertiary/aromatic N) is 2. The minimum absolute atomic E-state index is 0.0728. The summed E-state index contributed by atoms with van der Waals surface area (Å²) < 4.78 is 1.83. The number of carbonyl (C=O) groups is 1. The van der Waals surface area contributed by atoms with Gasteiger partial charge >= 0.3 is 6.03 Å². The second kappa shape index (κ2) is 7.61. The summed E-state index contributed by atoms with van der Waals surface area (Å²) in [4.78, 5) is 11.6. The summed E-state index contributed by atoms with van der Waals surface area (Å²) in [5, 5.41) is 18.7. The van der Waals surface area contributed by atoms with Crippen LogP contribution in [0.4, 0.5) is 4.79 Å². The van der Waals surface area contributed by atoms with Crippen molar-refractivity contribution < 1.29 is 9.90 Å². The zero-order chi connectivity index (χ0) is 15.9. The number of aliphatic hydroxyl groups excluding tert-OH is 1. The number of hydrogen-bond donors (Lipinski definition) is 3. The molecule has 22 heavy (non-hydrogen) atoms. The van der Waals surface area contributed by atoms with Gasteiger partial charge in [-0.2, -0.15) is 5.10 Å². The summed E-state index contributed by atoms with van der Waals surface area (Å²) in [5.74, 6) is 0.266. The van der Waals surface area contributed by atoms with Gasteiger partial charge in [0.15, 0.2) is 0 Å². The first kappa shape index (κ1) is 16.0. The highest BCUT2D eigenvalue weighted by Gasteiger charge is 2.14. The number of aromatic nitrogens is 2. The van der Waals surface area contributed by atoms with Gasteiger partial charge in [0, 0.05) is 24.8 Å². The SMILES string of the molecule is CC(C)c1nn(-c2ccccc2)cc1CNC(=O)NCCO. The molecule has 0 spiro atoms. The molecule has 3 N–H and O–H groups in total. The topological polar surface area (TPSA) is 79.2 Å². The Morgan fingerprint density at radius 3 is 2.64 bits per heavy atom. The fraction of sp³-hybridized carbons (Fsp3) is 0.375. The molecule has 0 aliphatic carbocycles. The van der Waals surface area contributed by atoms with Crippen LogP contribution in [0.5, 0.6) is 0 Å². The Hall–Kier alpha value is -2.34. The Morgan fingerprint density at radius 2 is 2.00 bits per heavy atom. The van der Waals surface area contributed by atoms with E-state index < -0.39 is 0 Å². The maximum Gasteiger partial charge on any atom is 0.315 e. The fourth-order valence-electron chi connectivity index (χ4n) is 2.17. The van der Waals surface area contributed by atoms with Gasteiger partial charge in [0.05, 0.1) is 18.0 Å². The molecule has 0 fully saturated rings. The van der Waals surface area contributed by atoms with E-state index in [1.54, 1.807) is 0 Å². The van der Waals surface area contributed by atoms with Crippen LogP contribution in [-0.2, 0) is 6.54 Å². The van der Waals surface area contributed by atoms with Crippen LogP contribution in [0, 0.1) is 0 Å². The molecule has 0 saturated carbocycles. The fourth-order valence-corrected chi connectivity index (χ4v) is 2.17. The molecule has 0 unspecified atom stereocenters. The lowest BCUT2D eigenvalue weighted by Crippen LogP contribution is -2.36. The van der Waals surface area contributed by atoms with Crippen molar-refractivity contribution in [3.8, 4) is 5.69 Å².